The van der Waals surface area contributed by atoms with Gasteiger partial charge < -0.3 is 15.0 Å². The first-order valence-electron chi connectivity index (χ1n) is 13.8. The van der Waals surface area contributed by atoms with E-state index in [0.717, 1.165) is 61.2 Å². The smallest absolute Gasteiger partial charge is 0.251 e. The van der Waals surface area contributed by atoms with Gasteiger partial charge in [-0.05, 0) is 73.6 Å². The Morgan fingerprint density at radius 3 is 2.54 bits per heavy atom. The van der Waals surface area contributed by atoms with Gasteiger partial charge in [-0.2, -0.15) is 0 Å². The number of aryl methyl sites for hydroxylation is 1. The van der Waals surface area contributed by atoms with E-state index in [2.05, 4.69) is 41.2 Å². The maximum absolute atomic E-state index is 12.8. The van der Waals surface area contributed by atoms with Gasteiger partial charge in [0.05, 0.1) is 12.1 Å². The number of carbonyl (C=O) groups excluding carboxylic acids is 2. The van der Waals surface area contributed by atoms with Crippen molar-refractivity contribution in [3.8, 4) is 5.75 Å². The highest BCUT2D eigenvalue weighted by molar-refractivity contribution is 5.94. The van der Waals surface area contributed by atoms with Crippen LogP contribution in [-0.2, 0) is 11.2 Å². The molecule has 0 saturated carbocycles. The molecule has 2 aromatic carbocycles. The van der Waals surface area contributed by atoms with Crippen LogP contribution in [-0.4, -0.2) is 59.2 Å². The van der Waals surface area contributed by atoms with Crippen LogP contribution in [0.25, 0.3) is 10.9 Å². The molecule has 3 aromatic rings. The molecule has 8 heteroatoms. The lowest BCUT2D eigenvalue weighted by atomic mass is 9.86. The predicted molar refractivity (Wildman–Crippen MR) is 152 cm³/mol. The molecule has 0 bridgehead atoms. The fourth-order valence-corrected chi connectivity index (χ4v) is 5.28. The largest absolute Gasteiger partial charge is 0.493 e. The summed E-state index contributed by atoms with van der Waals surface area (Å²) < 4.78 is 5.98. The number of rotatable bonds is 11. The predicted octanol–water partition coefficient (Wildman–Crippen LogP) is 4.67. The van der Waals surface area contributed by atoms with Crippen LogP contribution in [0.4, 0.5) is 0 Å². The van der Waals surface area contributed by atoms with E-state index >= 15 is 0 Å². The maximum atomic E-state index is 12.8. The van der Waals surface area contributed by atoms with Crippen molar-refractivity contribution in [1.82, 2.24) is 20.7 Å². The van der Waals surface area contributed by atoms with Gasteiger partial charge in [0.15, 0.2) is 0 Å². The summed E-state index contributed by atoms with van der Waals surface area (Å²) in [6.07, 6.45) is 3.57. The van der Waals surface area contributed by atoms with Crippen molar-refractivity contribution in [2.45, 2.75) is 58.9 Å². The molecule has 2 heterocycles. The summed E-state index contributed by atoms with van der Waals surface area (Å²) >= 11 is 0. The molecule has 0 radical (unpaired) electrons. The van der Waals surface area contributed by atoms with Crippen molar-refractivity contribution in [2.24, 2.45) is 5.41 Å². The third-order valence-electron chi connectivity index (χ3n) is 7.41. The SMILES string of the molecule is Cc1cc(CCOc2ccc(C(=O)NC3CCN(CC(C)(C)CCC(=O)NO)CC3)cc2)c2ccccc2n1. The lowest BCUT2D eigenvalue weighted by Gasteiger charge is -2.37. The van der Waals surface area contributed by atoms with E-state index in [0.29, 0.717) is 25.0 Å². The van der Waals surface area contributed by atoms with Crippen molar-refractivity contribution in [3.63, 3.8) is 0 Å². The van der Waals surface area contributed by atoms with Crippen LogP contribution in [0.1, 0.15) is 61.1 Å². The first-order valence-corrected chi connectivity index (χ1v) is 13.8. The normalized spacial score (nSPS) is 14.8. The molecule has 0 unspecified atom stereocenters. The molecule has 1 saturated heterocycles. The van der Waals surface area contributed by atoms with Gasteiger partial charge in [0.25, 0.3) is 5.91 Å². The zero-order valence-electron chi connectivity index (χ0n) is 23.2. The molecule has 1 aliphatic rings. The first-order chi connectivity index (χ1) is 18.7. The first kappa shape index (κ1) is 28.5. The van der Waals surface area contributed by atoms with Crippen LogP contribution in [0.15, 0.2) is 54.6 Å². The van der Waals surface area contributed by atoms with Gasteiger partial charge in [-0.15, -0.1) is 0 Å². The average Bonchev–Trinajstić information content (AvgIpc) is 2.93. The minimum Gasteiger partial charge on any atom is -0.493 e. The number of carbonyl (C=O) groups is 2. The molecule has 4 rings (SSSR count). The molecule has 0 aliphatic carbocycles. The number of ether oxygens (including phenoxy) is 1. The molecule has 2 amide bonds. The summed E-state index contributed by atoms with van der Waals surface area (Å²) in [7, 11) is 0. The monoisotopic (exact) mass is 532 g/mol. The molecular weight excluding hydrogens is 492 g/mol. The Bertz CT molecular complexity index is 1270. The molecule has 1 fully saturated rings. The highest BCUT2D eigenvalue weighted by Gasteiger charge is 2.27. The molecular formula is C31H40N4O4. The third-order valence-corrected chi connectivity index (χ3v) is 7.41. The van der Waals surface area contributed by atoms with Crippen LogP contribution >= 0.6 is 0 Å². The second-order valence-electron chi connectivity index (χ2n) is 11.3. The summed E-state index contributed by atoms with van der Waals surface area (Å²) in [5, 5.41) is 13.0. The van der Waals surface area contributed by atoms with Gasteiger partial charge in [0.1, 0.15) is 5.75 Å². The third kappa shape index (κ3) is 8.25. The Labute approximate surface area is 230 Å². The van der Waals surface area contributed by atoms with Crippen LogP contribution < -0.4 is 15.5 Å². The minimum absolute atomic E-state index is 0.0303. The molecule has 208 valence electrons. The fraction of sp³-hybridized carbons (Fsp3) is 0.452. The molecule has 0 spiro atoms. The molecule has 8 nitrogen and oxygen atoms in total. The number of fused-ring (bicyclic) bond motifs is 1. The number of aromatic nitrogens is 1. The number of para-hydroxylation sites is 1. The van der Waals surface area contributed by atoms with Crippen LogP contribution in [0, 0.1) is 12.3 Å². The molecule has 1 aromatic heterocycles. The Kier molecular flexibility index (Phi) is 9.54. The molecule has 39 heavy (non-hydrogen) atoms. The van der Waals surface area contributed by atoms with Crippen LogP contribution in [0.3, 0.4) is 0 Å². The number of hydrogen-bond donors (Lipinski definition) is 3. The summed E-state index contributed by atoms with van der Waals surface area (Å²) in [6.45, 7) is 9.52. The van der Waals surface area contributed by atoms with Crippen molar-refractivity contribution < 1.29 is 19.5 Å². The number of pyridine rings is 1. The zero-order valence-corrected chi connectivity index (χ0v) is 23.2. The van der Waals surface area contributed by atoms with Crippen LogP contribution in [0.5, 0.6) is 5.75 Å². The topological polar surface area (TPSA) is 104 Å². The number of amides is 2. The van der Waals surface area contributed by atoms with E-state index in [1.165, 1.54) is 5.56 Å². The highest BCUT2D eigenvalue weighted by Crippen LogP contribution is 2.26. The quantitative estimate of drug-likeness (QED) is 0.245. The summed E-state index contributed by atoms with van der Waals surface area (Å²) in [5.74, 6) is 0.334. The van der Waals surface area contributed by atoms with E-state index in [1.54, 1.807) is 5.48 Å². The van der Waals surface area contributed by atoms with E-state index < -0.39 is 0 Å². The lowest BCUT2D eigenvalue weighted by molar-refractivity contribution is -0.129. The van der Waals surface area contributed by atoms with Gasteiger partial charge in [0.2, 0.25) is 5.91 Å². The average molecular weight is 533 g/mol. The van der Waals surface area contributed by atoms with Crippen molar-refractivity contribution in [3.05, 3.63) is 71.4 Å². The van der Waals surface area contributed by atoms with E-state index in [9.17, 15) is 9.59 Å². The van der Waals surface area contributed by atoms with Gasteiger partial charge >= 0.3 is 0 Å². The lowest BCUT2D eigenvalue weighted by Crippen LogP contribution is -2.47. The maximum Gasteiger partial charge on any atom is 0.251 e. The van der Waals surface area contributed by atoms with E-state index in [-0.39, 0.29) is 23.3 Å². The molecule has 1 aliphatic heterocycles. The number of nitrogens with one attached hydrogen (secondary N) is 2. The number of piperidine rings is 1. The number of hydrogen-bond acceptors (Lipinski definition) is 6. The molecule has 3 N–H and O–H groups in total. The summed E-state index contributed by atoms with van der Waals surface area (Å²) in [6, 6.07) is 17.8. The Morgan fingerprint density at radius 2 is 1.82 bits per heavy atom. The number of likely N-dealkylation sites (tertiary alicyclic amines) is 1. The summed E-state index contributed by atoms with van der Waals surface area (Å²) in [4.78, 5) is 31.2. The highest BCUT2D eigenvalue weighted by atomic mass is 16.5. The van der Waals surface area contributed by atoms with Crippen molar-refractivity contribution >= 4 is 22.7 Å². The minimum atomic E-state index is -0.349. The summed E-state index contributed by atoms with van der Waals surface area (Å²) in [5.41, 5.74) is 5.52. The zero-order chi connectivity index (χ0) is 27.8. The Balaban J connectivity index is 1.20. The second kappa shape index (κ2) is 13.0. The number of benzene rings is 2. The van der Waals surface area contributed by atoms with E-state index in [1.807, 2.05) is 49.4 Å². The van der Waals surface area contributed by atoms with Gasteiger partial charge in [-0.1, -0.05) is 32.0 Å². The Morgan fingerprint density at radius 1 is 1.10 bits per heavy atom. The van der Waals surface area contributed by atoms with E-state index in [4.69, 9.17) is 9.94 Å². The number of hydroxylamine groups is 1. The van der Waals surface area contributed by atoms with Gasteiger partial charge in [-0.3, -0.25) is 19.8 Å². The van der Waals surface area contributed by atoms with Crippen molar-refractivity contribution in [2.75, 3.05) is 26.2 Å². The Hall–Kier alpha value is -3.49. The number of nitrogens with zero attached hydrogens (tertiary/aromatic N) is 2. The van der Waals surface area contributed by atoms with Gasteiger partial charge in [0, 0.05) is 55.2 Å². The second-order valence-corrected chi connectivity index (χ2v) is 11.3. The van der Waals surface area contributed by atoms with Crippen LogP contribution in [0.2, 0.25) is 0 Å². The van der Waals surface area contributed by atoms with Crippen molar-refractivity contribution in [1.29, 1.82) is 0 Å². The van der Waals surface area contributed by atoms with Gasteiger partial charge in [-0.25, -0.2) is 5.48 Å². The standard InChI is InChI=1S/C31H40N4O4/c1-22-20-24(27-6-4-5-7-28(27)32-22)15-19-39-26-10-8-23(9-11-26)30(37)33-25-13-17-35(18-14-25)21-31(2,3)16-12-29(36)34-38/h4-11,20,25,38H,12-19,21H2,1-3H3,(H,33,37)(H,34,36). The fourth-order valence-electron chi connectivity index (χ4n) is 5.28. The molecule has 0 atom stereocenters.